The minimum absolute atomic E-state index is 0.0155. The van der Waals surface area contributed by atoms with Gasteiger partial charge in [-0.3, -0.25) is 4.90 Å². The lowest BCUT2D eigenvalue weighted by atomic mass is 10.1. The summed E-state index contributed by atoms with van der Waals surface area (Å²) in [7, 11) is 0. The van der Waals surface area contributed by atoms with Crippen molar-refractivity contribution in [3.63, 3.8) is 0 Å². The Kier molecular flexibility index (Phi) is 3.98. The van der Waals surface area contributed by atoms with Crippen molar-refractivity contribution in [1.29, 1.82) is 5.26 Å². The van der Waals surface area contributed by atoms with Crippen molar-refractivity contribution in [2.24, 2.45) is 5.92 Å². The van der Waals surface area contributed by atoms with E-state index in [-0.39, 0.29) is 18.8 Å². The normalized spacial score (nSPS) is 28.7. The predicted molar refractivity (Wildman–Crippen MR) is 61.7 cm³/mol. The Balaban J connectivity index is 1.87. The van der Waals surface area contributed by atoms with E-state index < -0.39 is 5.92 Å². The SMILES string of the molecule is N#CCN(CC1CCC(F)(F)C1)C1CCCC1. The van der Waals surface area contributed by atoms with E-state index in [2.05, 4.69) is 11.0 Å². The van der Waals surface area contributed by atoms with Crippen LogP contribution in [0, 0.1) is 17.2 Å². The first-order chi connectivity index (χ1) is 8.11. The average Bonchev–Trinajstić information content (AvgIpc) is 2.87. The molecule has 2 rings (SSSR count). The largest absolute Gasteiger partial charge is 0.287 e. The maximum absolute atomic E-state index is 13.1. The molecule has 0 aromatic rings. The Hall–Kier alpha value is -0.690. The molecule has 1 unspecified atom stereocenters. The standard InChI is InChI=1S/C13H20F2N2/c14-13(15)6-5-11(9-13)10-17(8-7-16)12-3-1-2-4-12/h11-12H,1-6,8-10H2. The fourth-order valence-corrected chi connectivity index (χ4v) is 3.23. The maximum Gasteiger partial charge on any atom is 0.248 e. The van der Waals surface area contributed by atoms with Crippen molar-refractivity contribution in [3.8, 4) is 6.07 Å². The van der Waals surface area contributed by atoms with Gasteiger partial charge in [0, 0.05) is 25.4 Å². The van der Waals surface area contributed by atoms with Crippen LogP contribution < -0.4 is 0 Å². The Morgan fingerprint density at radius 1 is 1.24 bits per heavy atom. The summed E-state index contributed by atoms with van der Waals surface area (Å²) >= 11 is 0. The van der Waals surface area contributed by atoms with Crippen molar-refractivity contribution in [1.82, 2.24) is 4.90 Å². The first kappa shape index (κ1) is 12.8. The summed E-state index contributed by atoms with van der Waals surface area (Å²) in [5, 5.41) is 8.83. The van der Waals surface area contributed by atoms with Crippen molar-refractivity contribution >= 4 is 0 Å². The maximum atomic E-state index is 13.1. The fourth-order valence-electron chi connectivity index (χ4n) is 3.23. The Labute approximate surface area is 102 Å². The molecule has 2 aliphatic carbocycles. The summed E-state index contributed by atoms with van der Waals surface area (Å²) in [6.07, 6.45) is 5.35. The zero-order valence-electron chi connectivity index (χ0n) is 10.2. The number of nitrogens with zero attached hydrogens (tertiary/aromatic N) is 2. The molecular weight excluding hydrogens is 222 g/mol. The van der Waals surface area contributed by atoms with Crippen LogP contribution in [-0.4, -0.2) is 30.0 Å². The number of rotatable bonds is 4. The molecule has 0 amide bonds. The molecule has 0 radical (unpaired) electrons. The van der Waals surface area contributed by atoms with Gasteiger partial charge < -0.3 is 0 Å². The highest BCUT2D eigenvalue weighted by molar-refractivity contribution is 4.89. The van der Waals surface area contributed by atoms with E-state index in [0.29, 0.717) is 25.6 Å². The topological polar surface area (TPSA) is 27.0 Å². The van der Waals surface area contributed by atoms with E-state index in [9.17, 15) is 8.78 Å². The van der Waals surface area contributed by atoms with E-state index in [1.807, 2.05) is 0 Å². The zero-order valence-corrected chi connectivity index (χ0v) is 10.2. The van der Waals surface area contributed by atoms with Gasteiger partial charge in [0.2, 0.25) is 5.92 Å². The first-order valence-corrected chi connectivity index (χ1v) is 6.59. The molecule has 0 saturated heterocycles. The van der Waals surface area contributed by atoms with Crippen molar-refractivity contribution < 1.29 is 8.78 Å². The van der Waals surface area contributed by atoms with E-state index in [1.165, 1.54) is 12.8 Å². The van der Waals surface area contributed by atoms with Crippen LogP contribution in [-0.2, 0) is 0 Å². The first-order valence-electron chi connectivity index (χ1n) is 6.59. The van der Waals surface area contributed by atoms with Gasteiger partial charge in [-0.15, -0.1) is 0 Å². The molecule has 0 aromatic heterocycles. The Morgan fingerprint density at radius 3 is 2.47 bits per heavy atom. The zero-order chi connectivity index (χ0) is 12.3. The molecule has 2 nitrogen and oxygen atoms in total. The smallest absolute Gasteiger partial charge is 0.248 e. The van der Waals surface area contributed by atoms with Crippen molar-refractivity contribution in [2.45, 2.75) is 56.9 Å². The molecule has 2 fully saturated rings. The van der Waals surface area contributed by atoms with Gasteiger partial charge in [-0.2, -0.15) is 5.26 Å². The summed E-state index contributed by atoms with van der Waals surface area (Å²) in [6.45, 7) is 1.08. The summed E-state index contributed by atoms with van der Waals surface area (Å²) in [4.78, 5) is 2.14. The highest BCUT2D eigenvalue weighted by Crippen LogP contribution is 2.39. The third-order valence-electron chi connectivity index (χ3n) is 4.11. The third kappa shape index (κ3) is 3.38. The fraction of sp³-hybridized carbons (Fsp3) is 0.923. The molecule has 1 atom stereocenters. The minimum atomic E-state index is -2.46. The lowest BCUT2D eigenvalue weighted by molar-refractivity contribution is 0.00296. The molecule has 0 bridgehead atoms. The molecule has 2 aliphatic rings. The monoisotopic (exact) mass is 242 g/mol. The highest BCUT2D eigenvalue weighted by Gasteiger charge is 2.40. The van der Waals surface area contributed by atoms with Crippen molar-refractivity contribution in [2.75, 3.05) is 13.1 Å². The number of hydrogen-bond donors (Lipinski definition) is 0. The van der Waals surface area contributed by atoms with E-state index in [4.69, 9.17) is 5.26 Å². The lowest BCUT2D eigenvalue weighted by Gasteiger charge is -2.28. The summed E-state index contributed by atoms with van der Waals surface area (Å²) in [6, 6.07) is 2.64. The molecule has 4 heteroatoms. The second-order valence-corrected chi connectivity index (χ2v) is 5.49. The molecule has 0 aromatic carbocycles. The average molecular weight is 242 g/mol. The van der Waals surface area contributed by atoms with Gasteiger partial charge in [0.05, 0.1) is 12.6 Å². The number of nitriles is 1. The van der Waals surface area contributed by atoms with Crippen LogP contribution in [0.2, 0.25) is 0 Å². The van der Waals surface area contributed by atoms with Crippen LogP contribution in [0.15, 0.2) is 0 Å². The van der Waals surface area contributed by atoms with Crippen LogP contribution in [0.4, 0.5) is 8.78 Å². The molecule has 17 heavy (non-hydrogen) atoms. The van der Waals surface area contributed by atoms with E-state index in [0.717, 1.165) is 12.8 Å². The van der Waals surface area contributed by atoms with Gasteiger partial charge in [0.25, 0.3) is 0 Å². The van der Waals surface area contributed by atoms with Crippen LogP contribution in [0.1, 0.15) is 44.9 Å². The number of alkyl halides is 2. The summed E-state index contributed by atoms with van der Waals surface area (Å²) < 4.78 is 26.2. The van der Waals surface area contributed by atoms with Crippen LogP contribution in [0.3, 0.4) is 0 Å². The van der Waals surface area contributed by atoms with Gasteiger partial charge in [-0.05, 0) is 25.2 Å². The van der Waals surface area contributed by atoms with Gasteiger partial charge in [-0.1, -0.05) is 12.8 Å². The van der Waals surface area contributed by atoms with E-state index in [1.54, 1.807) is 0 Å². The number of halogens is 2. The molecule has 0 spiro atoms. The predicted octanol–water partition coefficient (Wildman–Crippen LogP) is 3.19. The quantitative estimate of drug-likeness (QED) is 0.708. The van der Waals surface area contributed by atoms with Crippen LogP contribution >= 0.6 is 0 Å². The summed E-state index contributed by atoms with van der Waals surface area (Å²) in [5.41, 5.74) is 0. The lowest BCUT2D eigenvalue weighted by Crippen LogP contribution is -2.37. The van der Waals surface area contributed by atoms with Crippen LogP contribution in [0.25, 0.3) is 0 Å². The van der Waals surface area contributed by atoms with Crippen molar-refractivity contribution in [3.05, 3.63) is 0 Å². The molecule has 0 heterocycles. The van der Waals surface area contributed by atoms with Gasteiger partial charge >= 0.3 is 0 Å². The van der Waals surface area contributed by atoms with Gasteiger partial charge in [0.1, 0.15) is 0 Å². The van der Waals surface area contributed by atoms with Gasteiger partial charge in [-0.25, -0.2) is 8.78 Å². The number of hydrogen-bond acceptors (Lipinski definition) is 2. The molecular formula is C13H20F2N2. The van der Waals surface area contributed by atoms with Gasteiger partial charge in [0.15, 0.2) is 0 Å². The molecule has 0 N–H and O–H groups in total. The molecule has 0 aliphatic heterocycles. The van der Waals surface area contributed by atoms with E-state index >= 15 is 0 Å². The second kappa shape index (κ2) is 5.30. The molecule has 96 valence electrons. The Bertz CT molecular complexity index is 292. The minimum Gasteiger partial charge on any atom is -0.287 e. The highest BCUT2D eigenvalue weighted by atomic mass is 19.3. The van der Waals surface area contributed by atoms with Crippen LogP contribution in [0.5, 0.6) is 0 Å². The Morgan fingerprint density at radius 2 is 1.94 bits per heavy atom. The molecule has 2 saturated carbocycles. The third-order valence-corrected chi connectivity index (χ3v) is 4.11. The summed E-state index contributed by atoms with van der Waals surface area (Å²) in [5.74, 6) is -2.38. The second-order valence-electron chi connectivity index (χ2n) is 5.49.